The maximum atomic E-state index is 11.8. The van der Waals surface area contributed by atoms with Crippen molar-refractivity contribution in [1.29, 1.82) is 0 Å². The third-order valence-corrected chi connectivity index (χ3v) is 3.30. The Hall–Kier alpha value is -1.42. The van der Waals surface area contributed by atoms with E-state index in [2.05, 4.69) is 4.98 Å². The maximum absolute atomic E-state index is 11.8. The summed E-state index contributed by atoms with van der Waals surface area (Å²) in [6, 6.07) is 3.61. The number of rotatable bonds is 1. The number of aliphatic hydroxyl groups excluding tert-OH is 1. The normalized spacial score (nSPS) is 28.3. The molecule has 0 spiro atoms. The van der Waals surface area contributed by atoms with Gasteiger partial charge in [0, 0.05) is 6.20 Å². The highest BCUT2D eigenvalue weighted by atomic mass is 16.5. The van der Waals surface area contributed by atoms with Crippen LogP contribution >= 0.6 is 0 Å². The quantitative estimate of drug-likeness (QED) is 0.727. The number of fused-ring (bicyclic) bond motifs is 1. The molecule has 0 saturated carbocycles. The van der Waals surface area contributed by atoms with Crippen molar-refractivity contribution in [2.75, 3.05) is 7.11 Å². The molecular formula is C12H15NO3. The lowest BCUT2D eigenvalue weighted by Crippen LogP contribution is -2.38. The average molecular weight is 221 g/mol. The van der Waals surface area contributed by atoms with Crippen molar-refractivity contribution in [3.63, 3.8) is 0 Å². The van der Waals surface area contributed by atoms with Gasteiger partial charge in [-0.2, -0.15) is 0 Å². The second-order valence-corrected chi connectivity index (χ2v) is 4.31. The lowest BCUT2D eigenvalue weighted by Gasteiger charge is -2.34. The summed E-state index contributed by atoms with van der Waals surface area (Å²) in [7, 11) is 1.38. The van der Waals surface area contributed by atoms with Gasteiger partial charge in [-0.05, 0) is 31.4 Å². The zero-order chi connectivity index (χ0) is 11.8. The van der Waals surface area contributed by atoms with E-state index in [1.54, 1.807) is 12.3 Å². The van der Waals surface area contributed by atoms with Crippen molar-refractivity contribution < 1.29 is 14.6 Å². The highest BCUT2D eigenvalue weighted by Gasteiger charge is 2.43. The highest BCUT2D eigenvalue weighted by molar-refractivity contribution is 5.83. The molecule has 0 fully saturated rings. The van der Waals surface area contributed by atoms with Gasteiger partial charge >= 0.3 is 5.97 Å². The van der Waals surface area contributed by atoms with Crippen LogP contribution in [0.5, 0.6) is 0 Å². The summed E-state index contributed by atoms with van der Waals surface area (Å²) in [5, 5.41) is 9.83. The molecular weight excluding hydrogens is 206 g/mol. The number of nitrogens with zero attached hydrogens (tertiary/aromatic N) is 1. The van der Waals surface area contributed by atoms with Crippen LogP contribution in [0.2, 0.25) is 0 Å². The van der Waals surface area contributed by atoms with Crippen LogP contribution in [-0.4, -0.2) is 23.2 Å². The molecule has 1 unspecified atom stereocenters. The molecule has 0 amide bonds. The van der Waals surface area contributed by atoms with Gasteiger partial charge in [0.1, 0.15) is 0 Å². The molecule has 1 aromatic heterocycles. The molecule has 2 atom stereocenters. The van der Waals surface area contributed by atoms with Crippen molar-refractivity contribution in [3.05, 3.63) is 29.6 Å². The fourth-order valence-electron chi connectivity index (χ4n) is 2.28. The standard InChI is InChI=1S/C12H15NO3/c1-12(11(15)16-2)6-5-9(14)10-8(12)4-3-7-13-10/h3-4,7,9,14H,5-6H2,1-2H3/t9-,12?/m0/s1. The van der Waals surface area contributed by atoms with E-state index in [9.17, 15) is 9.90 Å². The minimum absolute atomic E-state index is 0.270. The molecule has 4 heteroatoms. The van der Waals surface area contributed by atoms with Crippen molar-refractivity contribution in [1.82, 2.24) is 4.98 Å². The van der Waals surface area contributed by atoms with E-state index in [-0.39, 0.29) is 5.97 Å². The first-order valence-corrected chi connectivity index (χ1v) is 5.31. The van der Waals surface area contributed by atoms with E-state index in [0.717, 1.165) is 5.56 Å². The van der Waals surface area contributed by atoms with Gasteiger partial charge in [-0.1, -0.05) is 6.07 Å². The number of carbonyl (C=O) groups excluding carboxylic acids is 1. The molecule has 1 aliphatic carbocycles. The minimum Gasteiger partial charge on any atom is -0.468 e. The van der Waals surface area contributed by atoms with Gasteiger partial charge < -0.3 is 9.84 Å². The molecule has 0 aromatic carbocycles. The largest absolute Gasteiger partial charge is 0.468 e. The predicted octanol–water partition coefficient (Wildman–Crippen LogP) is 1.34. The van der Waals surface area contributed by atoms with Crippen LogP contribution in [-0.2, 0) is 14.9 Å². The molecule has 0 aliphatic heterocycles. The second kappa shape index (κ2) is 3.87. The zero-order valence-electron chi connectivity index (χ0n) is 9.43. The Morgan fingerprint density at radius 2 is 2.44 bits per heavy atom. The summed E-state index contributed by atoms with van der Waals surface area (Å²) < 4.78 is 4.84. The summed E-state index contributed by atoms with van der Waals surface area (Å²) in [6.07, 6.45) is 2.18. The van der Waals surface area contributed by atoms with Crippen LogP contribution in [0.4, 0.5) is 0 Å². The number of aliphatic hydroxyl groups is 1. The molecule has 1 N–H and O–H groups in total. The maximum Gasteiger partial charge on any atom is 0.316 e. The van der Waals surface area contributed by atoms with E-state index < -0.39 is 11.5 Å². The number of aromatic nitrogens is 1. The van der Waals surface area contributed by atoms with Crippen molar-refractivity contribution >= 4 is 5.97 Å². The number of ether oxygens (including phenoxy) is 1. The topological polar surface area (TPSA) is 59.4 Å². The molecule has 16 heavy (non-hydrogen) atoms. The Kier molecular flexibility index (Phi) is 2.68. The van der Waals surface area contributed by atoms with Gasteiger partial charge in [-0.25, -0.2) is 0 Å². The molecule has 0 bridgehead atoms. The summed E-state index contributed by atoms with van der Waals surface area (Å²) in [6.45, 7) is 1.84. The highest BCUT2D eigenvalue weighted by Crippen LogP contribution is 2.41. The van der Waals surface area contributed by atoms with Crippen molar-refractivity contribution in [2.24, 2.45) is 0 Å². The Bertz CT molecular complexity index is 418. The molecule has 1 aromatic rings. The SMILES string of the molecule is COC(=O)C1(C)CC[C@H](O)c2ncccc21. The second-order valence-electron chi connectivity index (χ2n) is 4.31. The Morgan fingerprint density at radius 1 is 1.69 bits per heavy atom. The van der Waals surface area contributed by atoms with Crippen LogP contribution < -0.4 is 0 Å². The third kappa shape index (κ3) is 1.50. The van der Waals surface area contributed by atoms with E-state index >= 15 is 0 Å². The first-order valence-electron chi connectivity index (χ1n) is 5.31. The van der Waals surface area contributed by atoms with Crippen LogP contribution in [0.25, 0.3) is 0 Å². The van der Waals surface area contributed by atoms with Crippen LogP contribution in [0.1, 0.15) is 37.1 Å². The molecule has 4 nitrogen and oxygen atoms in total. The molecule has 2 rings (SSSR count). The van der Waals surface area contributed by atoms with Crippen LogP contribution in [0, 0.1) is 0 Å². The van der Waals surface area contributed by atoms with Gasteiger partial charge in [0.15, 0.2) is 0 Å². The zero-order valence-corrected chi connectivity index (χ0v) is 9.43. The van der Waals surface area contributed by atoms with Gasteiger partial charge in [0.2, 0.25) is 0 Å². The van der Waals surface area contributed by atoms with Crippen molar-refractivity contribution in [2.45, 2.75) is 31.3 Å². The summed E-state index contributed by atoms with van der Waals surface area (Å²) in [4.78, 5) is 16.0. The Morgan fingerprint density at radius 3 is 3.12 bits per heavy atom. The first kappa shape index (κ1) is 11.1. The van der Waals surface area contributed by atoms with E-state index in [0.29, 0.717) is 18.5 Å². The molecule has 1 heterocycles. The van der Waals surface area contributed by atoms with Gasteiger partial charge in [-0.15, -0.1) is 0 Å². The number of carbonyl (C=O) groups is 1. The van der Waals surface area contributed by atoms with Gasteiger partial charge in [-0.3, -0.25) is 9.78 Å². The smallest absolute Gasteiger partial charge is 0.316 e. The number of methoxy groups -OCH3 is 1. The number of esters is 1. The summed E-state index contributed by atoms with van der Waals surface area (Å²) >= 11 is 0. The lowest BCUT2D eigenvalue weighted by atomic mass is 9.72. The number of pyridine rings is 1. The van der Waals surface area contributed by atoms with Crippen molar-refractivity contribution in [3.8, 4) is 0 Å². The fourth-order valence-corrected chi connectivity index (χ4v) is 2.28. The number of hydrogen-bond donors (Lipinski definition) is 1. The lowest BCUT2D eigenvalue weighted by molar-refractivity contribution is -0.148. The first-order chi connectivity index (χ1) is 7.59. The summed E-state index contributed by atoms with van der Waals surface area (Å²) in [5.74, 6) is -0.270. The third-order valence-electron chi connectivity index (χ3n) is 3.30. The molecule has 0 radical (unpaired) electrons. The van der Waals surface area contributed by atoms with Crippen LogP contribution in [0.15, 0.2) is 18.3 Å². The summed E-state index contributed by atoms with van der Waals surface area (Å²) in [5.41, 5.74) is 0.694. The monoisotopic (exact) mass is 221 g/mol. The van der Waals surface area contributed by atoms with Gasteiger partial charge in [0.25, 0.3) is 0 Å². The van der Waals surface area contributed by atoms with E-state index in [1.165, 1.54) is 7.11 Å². The average Bonchev–Trinajstić information content (AvgIpc) is 2.33. The van der Waals surface area contributed by atoms with Gasteiger partial charge in [0.05, 0.1) is 24.3 Å². The number of hydrogen-bond acceptors (Lipinski definition) is 4. The fraction of sp³-hybridized carbons (Fsp3) is 0.500. The Balaban J connectivity index is 2.53. The molecule has 86 valence electrons. The predicted molar refractivity (Wildman–Crippen MR) is 57.8 cm³/mol. The minimum atomic E-state index is -0.683. The van der Waals surface area contributed by atoms with E-state index in [4.69, 9.17) is 4.74 Å². The van der Waals surface area contributed by atoms with Crippen LogP contribution in [0.3, 0.4) is 0 Å². The molecule has 0 saturated heterocycles. The Labute approximate surface area is 94.3 Å². The van der Waals surface area contributed by atoms with E-state index in [1.807, 2.05) is 13.0 Å². The molecule has 1 aliphatic rings.